The molecule has 2 N–H and O–H groups in total. The monoisotopic (exact) mass is 354 g/mol. The summed E-state index contributed by atoms with van der Waals surface area (Å²) < 4.78 is 2.35. The number of halogens is 1. The third-order valence-electron chi connectivity index (χ3n) is 3.02. The highest BCUT2D eigenvalue weighted by molar-refractivity contribution is 9.10. The summed E-state index contributed by atoms with van der Waals surface area (Å²) >= 11 is 3.44. The summed E-state index contributed by atoms with van der Waals surface area (Å²) in [5, 5.41) is 27.5. The number of hydrogen-bond acceptors (Lipinski definition) is 5. The lowest BCUT2D eigenvalue weighted by Gasteiger charge is -2.15. The molecule has 1 atom stereocenters. The molecule has 0 aliphatic carbocycles. The van der Waals surface area contributed by atoms with E-state index in [1.807, 2.05) is 25.1 Å². The van der Waals surface area contributed by atoms with E-state index in [9.17, 15) is 15.2 Å². The first-order valence-electron chi connectivity index (χ1n) is 6.31. The fourth-order valence-electron chi connectivity index (χ4n) is 1.85. The van der Waals surface area contributed by atoms with Crippen molar-refractivity contribution in [2.75, 3.05) is 11.9 Å². The third-order valence-corrected chi connectivity index (χ3v) is 3.88. The number of aliphatic hydroxyl groups is 1. The van der Waals surface area contributed by atoms with E-state index in [-0.39, 0.29) is 12.2 Å². The maximum Gasteiger partial charge on any atom is 0.306 e. The lowest BCUT2D eigenvalue weighted by Crippen LogP contribution is -2.25. The van der Waals surface area contributed by atoms with Gasteiger partial charge in [0, 0.05) is 16.7 Å². The molecule has 0 spiro atoms. The Bertz CT molecular complexity index is 644. The molecule has 112 valence electrons. The second-order valence-electron chi connectivity index (χ2n) is 4.62. The molecule has 0 aliphatic heterocycles. The van der Waals surface area contributed by atoms with Gasteiger partial charge in [0.2, 0.25) is 0 Å². The second-order valence-corrected chi connectivity index (χ2v) is 5.48. The standard InChI is InChI=1S/C13H15BrN4O3/c1-9-12(14)3-2-4-13(9)15-6-11(19)8-17-7-10(5-16-17)18(20)21/h2-5,7,11,15,19H,6,8H2,1H3. The fraction of sp³-hybridized carbons (Fsp3) is 0.308. The van der Waals surface area contributed by atoms with Crippen LogP contribution in [-0.4, -0.2) is 32.5 Å². The van der Waals surface area contributed by atoms with E-state index in [0.29, 0.717) is 6.54 Å². The van der Waals surface area contributed by atoms with Crippen LogP contribution in [0.1, 0.15) is 5.56 Å². The molecule has 0 bridgehead atoms. The zero-order valence-electron chi connectivity index (χ0n) is 11.4. The van der Waals surface area contributed by atoms with Gasteiger partial charge in [0.05, 0.1) is 17.6 Å². The van der Waals surface area contributed by atoms with E-state index in [4.69, 9.17) is 0 Å². The number of nitrogens with zero attached hydrogens (tertiary/aromatic N) is 3. The Morgan fingerprint density at radius 2 is 2.33 bits per heavy atom. The van der Waals surface area contributed by atoms with Crippen molar-refractivity contribution in [1.82, 2.24) is 9.78 Å². The van der Waals surface area contributed by atoms with E-state index in [2.05, 4.69) is 26.3 Å². The Kier molecular flexibility index (Phi) is 4.92. The number of aromatic nitrogens is 2. The summed E-state index contributed by atoms with van der Waals surface area (Å²) in [6.07, 6.45) is 1.76. The van der Waals surface area contributed by atoms with Crippen LogP contribution in [0.25, 0.3) is 0 Å². The van der Waals surface area contributed by atoms with E-state index < -0.39 is 11.0 Å². The van der Waals surface area contributed by atoms with Crippen molar-refractivity contribution in [2.24, 2.45) is 0 Å². The molecule has 1 aromatic heterocycles. The minimum Gasteiger partial charge on any atom is -0.389 e. The maximum atomic E-state index is 10.6. The largest absolute Gasteiger partial charge is 0.389 e. The first-order valence-corrected chi connectivity index (χ1v) is 7.10. The van der Waals surface area contributed by atoms with E-state index >= 15 is 0 Å². The van der Waals surface area contributed by atoms with Crippen molar-refractivity contribution in [3.63, 3.8) is 0 Å². The van der Waals surface area contributed by atoms with Crippen molar-refractivity contribution in [3.8, 4) is 0 Å². The maximum absolute atomic E-state index is 10.6. The van der Waals surface area contributed by atoms with Crippen LogP contribution in [0.4, 0.5) is 11.4 Å². The van der Waals surface area contributed by atoms with Crippen molar-refractivity contribution >= 4 is 27.3 Å². The Balaban J connectivity index is 1.91. The molecule has 0 amide bonds. The molecule has 0 saturated heterocycles. The highest BCUT2D eigenvalue weighted by Gasteiger charge is 2.12. The van der Waals surface area contributed by atoms with Gasteiger partial charge in [-0.15, -0.1) is 0 Å². The molecular formula is C13H15BrN4O3. The summed E-state index contributed by atoms with van der Waals surface area (Å²) in [6.45, 7) is 2.48. The molecule has 1 unspecified atom stereocenters. The molecular weight excluding hydrogens is 340 g/mol. The van der Waals surface area contributed by atoms with Crippen LogP contribution in [0.2, 0.25) is 0 Å². The highest BCUT2D eigenvalue weighted by Crippen LogP contribution is 2.23. The van der Waals surface area contributed by atoms with Crippen LogP contribution < -0.4 is 5.32 Å². The number of nitro groups is 1. The second kappa shape index (κ2) is 6.68. The van der Waals surface area contributed by atoms with Crippen LogP contribution in [0.3, 0.4) is 0 Å². The van der Waals surface area contributed by atoms with Crippen molar-refractivity contribution in [1.29, 1.82) is 0 Å². The highest BCUT2D eigenvalue weighted by atomic mass is 79.9. The summed E-state index contributed by atoms with van der Waals surface area (Å²) in [4.78, 5) is 10.0. The van der Waals surface area contributed by atoms with Gasteiger partial charge in [-0.2, -0.15) is 5.10 Å². The van der Waals surface area contributed by atoms with Crippen molar-refractivity contribution < 1.29 is 10.0 Å². The normalized spacial score (nSPS) is 12.1. The number of nitrogens with one attached hydrogen (secondary N) is 1. The van der Waals surface area contributed by atoms with Gasteiger partial charge in [0.15, 0.2) is 0 Å². The Labute approximate surface area is 129 Å². The fourth-order valence-corrected chi connectivity index (χ4v) is 2.22. The van der Waals surface area contributed by atoms with Gasteiger partial charge in [0.25, 0.3) is 0 Å². The quantitative estimate of drug-likeness (QED) is 0.613. The van der Waals surface area contributed by atoms with Crippen LogP contribution in [0, 0.1) is 17.0 Å². The lowest BCUT2D eigenvalue weighted by atomic mass is 10.2. The molecule has 8 heteroatoms. The molecule has 21 heavy (non-hydrogen) atoms. The number of aliphatic hydroxyl groups excluding tert-OH is 1. The first-order chi connectivity index (χ1) is 9.97. The number of anilines is 1. The molecule has 0 aliphatic rings. The van der Waals surface area contributed by atoms with Gasteiger partial charge in [-0.3, -0.25) is 14.8 Å². The molecule has 1 aromatic carbocycles. The van der Waals surface area contributed by atoms with Crippen LogP contribution >= 0.6 is 15.9 Å². The van der Waals surface area contributed by atoms with Gasteiger partial charge in [-0.1, -0.05) is 22.0 Å². The molecule has 1 heterocycles. The summed E-state index contributed by atoms with van der Waals surface area (Å²) in [6, 6.07) is 5.77. The zero-order chi connectivity index (χ0) is 15.4. The van der Waals surface area contributed by atoms with Gasteiger partial charge in [0.1, 0.15) is 12.4 Å². The Morgan fingerprint density at radius 1 is 1.57 bits per heavy atom. The number of benzene rings is 1. The van der Waals surface area contributed by atoms with Crippen molar-refractivity contribution in [3.05, 3.63) is 50.7 Å². The van der Waals surface area contributed by atoms with Gasteiger partial charge >= 0.3 is 5.69 Å². The molecule has 2 rings (SSSR count). The van der Waals surface area contributed by atoms with Crippen LogP contribution in [-0.2, 0) is 6.54 Å². The minimum atomic E-state index is -0.706. The van der Waals surface area contributed by atoms with E-state index in [0.717, 1.165) is 15.7 Å². The lowest BCUT2D eigenvalue weighted by molar-refractivity contribution is -0.385. The van der Waals surface area contributed by atoms with E-state index in [1.54, 1.807) is 0 Å². The number of rotatable bonds is 6. The van der Waals surface area contributed by atoms with Crippen molar-refractivity contribution in [2.45, 2.75) is 19.6 Å². The molecule has 0 fully saturated rings. The third kappa shape index (κ3) is 4.02. The summed E-state index contributed by atoms with van der Waals surface area (Å²) in [7, 11) is 0. The predicted molar refractivity (Wildman–Crippen MR) is 82.3 cm³/mol. The van der Waals surface area contributed by atoms with Gasteiger partial charge in [-0.25, -0.2) is 0 Å². The number of hydrogen-bond donors (Lipinski definition) is 2. The molecule has 2 aromatic rings. The topological polar surface area (TPSA) is 93.2 Å². The molecule has 0 saturated carbocycles. The molecule has 0 radical (unpaired) electrons. The predicted octanol–water partition coefficient (Wildman–Crippen LogP) is 2.34. The first kappa shape index (κ1) is 15.5. The SMILES string of the molecule is Cc1c(Br)cccc1NCC(O)Cn1cc([N+](=O)[O-])cn1. The minimum absolute atomic E-state index is 0.0852. The smallest absolute Gasteiger partial charge is 0.306 e. The van der Waals surface area contributed by atoms with Crippen LogP contribution in [0.15, 0.2) is 35.1 Å². The summed E-state index contributed by atoms with van der Waals surface area (Å²) in [5.74, 6) is 0. The van der Waals surface area contributed by atoms with Gasteiger partial charge in [-0.05, 0) is 24.6 Å². The molecule has 7 nitrogen and oxygen atoms in total. The average Bonchev–Trinajstić information content (AvgIpc) is 2.89. The Hall–Kier alpha value is -1.93. The summed E-state index contributed by atoms with van der Waals surface area (Å²) in [5.41, 5.74) is 1.90. The van der Waals surface area contributed by atoms with Crippen LogP contribution in [0.5, 0.6) is 0 Å². The van der Waals surface area contributed by atoms with E-state index in [1.165, 1.54) is 17.1 Å². The zero-order valence-corrected chi connectivity index (χ0v) is 12.9. The average molecular weight is 355 g/mol. The Morgan fingerprint density at radius 3 is 3.00 bits per heavy atom. The van der Waals surface area contributed by atoms with Gasteiger partial charge < -0.3 is 10.4 Å².